The van der Waals surface area contributed by atoms with Crippen LogP contribution in [0.1, 0.15) is 0 Å². The van der Waals surface area contributed by atoms with E-state index in [0.717, 1.165) is 19.6 Å². The summed E-state index contributed by atoms with van der Waals surface area (Å²) in [7, 11) is 1.41. The molecule has 1 aliphatic heterocycles. The van der Waals surface area contributed by atoms with E-state index in [0.29, 0.717) is 13.1 Å². The number of halogens is 3. The molecule has 0 aromatic heterocycles. The zero-order chi connectivity index (χ0) is 15.8. The number of hydrogen-bond acceptors (Lipinski definition) is 6. The normalized spacial score (nSPS) is 19.8. The summed E-state index contributed by atoms with van der Waals surface area (Å²) in [6.07, 6.45) is -5.08. The number of carboxylic acid groups (broad SMARTS) is 1. The van der Waals surface area contributed by atoms with E-state index < -0.39 is 12.1 Å². The number of hydrogen-bond donors (Lipinski definition) is 3. The van der Waals surface area contributed by atoms with Crippen LogP contribution in [0.25, 0.3) is 0 Å². The van der Waals surface area contributed by atoms with Crippen LogP contribution in [0.2, 0.25) is 0 Å². The zero-order valence-corrected chi connectivity index (χ0v) is 10.9. The Hall–Kier alpha value is -1.39. The maximum atomic E-state index is 11.3. The Kier molecular flexibility index (Phi) is 8.11. The summed E-state index contributed by atoms with van der Waals surface area (Å²) >= 11 is 0. The zero-order valence-electron chi connectivity index (χ0n) is 10.9. The third-order valence-electron chi connectivity index (χ3n) is 2.49. The van der Waals surface area contributed by atoms with Gasteiger partial charge in [-0.15, -0.1) is 0 Å². The van der Waals surface area contributed by atoms with Crippen molar-refractivity contribution in [3.8, 4) is 0 Å². The summed E-state index contributed by atoms with van der Waals surface area (Å²) in [5.41, 5.74) is 5.45. The lowest BCUT2D eigenvalue weighted by Gasteiger charge is -2.33. The highest BCUT2D eigenvalue weighted by Crippen LogP contribution is 2.13. The molecule has 10 heteroatoms. The molecule has 0 bridgehead atoms. The van der Waals surface area contributed by atoms with Gasteiger partial charge < -0.3 is 20.9 Å². The van der Waals surface area contributed by atoms with Gasteiger partial charge >= 0.3 is 18.1 Å². The van der Waals surface area contributed by atoms with E-state index in [1.807, 2.05) is 0 Å². The number of piperazine rings is 1. The second kappa shape index (κ2) is 8.72. The number of nitrogens with one attached hydrogen (secondary N) is 1. The SMILES string of the molecule is COC(=O)C1CNCCN1CCN.O=C(O)C(F)(F)F. The summed E-state index contributed by atoms with van der Waals surface area (Å²) in [5.74, 6) is -2.94. The molecule has 4 N–H and O–H groups in total. The minimum absolute atomic E-state index is 0.165. The van der Waals surface area contributed by atoms with E-state index in [1.54, 1.807) is 0 Å². The fraction of sp³-hybridized carbons (Fsp3) is 0.800. The number of aliphatic carboxylic acids is 1. The molecule has 1 fully saturated rings. The lowest BCUT2D eigenvalue weighted by atomic mass is 10.2. The second-order valence-electron chi connectivity index (χ2n) is 3.87. The van der Waals surface area contributed by atoms with Crippen molar-refractivity contribution in [2.75, 3.05) is 39.8 Å². The van der Waals surface area contributed by atoms with Crippen LogP contribution < -0.4 is 11.1 Å². The summed E-state index contributed by atoms with van der Waals surface area (Å²) < 4.78 is 36.4. The number of carbonyl (C=O) groups excluding carboxylic acids is 1. The molecule has 0 aromatic carbocycles. The molecule has 118 valence electrons. The maximum absolute atomic E-state index is 11.3. The molecule has 0 radical (unpaired) electrons. The third-order valence-corrected chi connectivity index (χ3v) is 2.49. The monoisotopic (exact) mass is 301 g/mol. The number of carboxylic acids is 1. The summed E-state index contributed by atoms with van der Waals surface area (Å²) in [6.45, 7) is 3.76. The molecule has 0 spiro atoms. The summed E-state index contributed by atoms with van der Waals surface area (Å²) in [6, 6.07) is -0.165. The van der Waals surface area contributed by atoms with Gasteiger partial charge in [0.05, 0.1) is 7.11 Å². The van der Waals surface area contributed by atoms with E-state index >= 15 is 0 Å². The predicted molar refractivity (Wildman–Crippen MR) is 63.0 cm³/mol. The molecule has 0 aromatic rings. The van der Waals surface area contributed by atoms with Crippen LogP contribution in [-0.4, -0.2) is 74.0 Å². The first-order valence-corrected chi connectivity index (χ1v) is 5.76. The van der Waals surface area contributed by atoms with Gasteiger partial charge in [0.1, 0.15) is 6.04 Å². The minimum Gasteiger partial charge on any atom is -0.475 e. The van der Waals surface area contributed by atoms with Crippen LogP contribution >= 0.6 is 0 Å². The summed E-state index contributed by atoms with van der Waals surface area (Å²) in [4.78, 5) is 22.3. The van der Waals surface area contributed by atoms with Crippen LogP contribution in [0.15, 0.2) is 0 Å². The van der Waals surface area contributed by atoms with Gasteiger partial charge in [0.2, 0.25) is 0 Å². The molecule has 7 nitrogen and oxygen atoms in total. The van der Waals surface area contributed by atoms with E-state index in [4.69, 9.17) is 20.4 Å². The van der Waals surface area contributed by atoms with Crippen LogP contribution in [0.3, 0.4) is 0 Å². The maximum Gasteiger partial charge on any atom is 0.490 e. The number of alkyl halides is 3. The van der Waals surface area contributed by atoms with Crippen LogP contribution in [0.5, 0.6) is 0 Å². The number of rotatable bonds is 3. The largest absolute Gasteiger partial charge is 0.490 e. The predicted octanol–water partition coefficient (Wildman–Crippen LogP) is -0.975. The van der Waals surface area contributed by atoms with Gasteiger partial charge in [-0.1, -0.05) is 0 Å². The van der Waals surface area contributed by atoms with Gasteiger partial charge in [-0.25, -0.2) is 4.79 Å². The molecule has 1 heterocycles. The van der Waals surface area contributed by atoms with E-state index in [2.05, 4.69) is 10.2 Å². The second-order valence-corrected chi connectivity index (χ2v) is 3.87. The van der Waals surface area contributed by atoms with E-state index in [-0.39, 0.29) is 12.0 Å². The Morgan fingerprint density at radius 2 is 2.05 bits per heavy atom. The lowest BCUT2D eigenvalue weighted by Crippen LogP contribution is -2.56. The smallest absolute Gasteiger partial charge is 0.475 e. The first-order chi connectivity index (χ1) is 9.23. The first-order valence-electron chi connectivity index (χ1n) is 5.76. The molecule has 0 aliphatic carbocycles. The lowest BCUT2D eigenvalue weighted by molar-refractivity contribution is -0.192. The highest BCUT2D eigenvalue weighted by atomic mass is 19.4. The number of carbonyl (C=O) groups is 2. The van der Waals surface area contributed by atoms with Crippen LogP contribution in [0, 0.1) is 0 Å². The molecule has 1 rings (SSSR count). The Labute approximate surface area is 113 Å². The molecular formula is C10H18F3N3O4. The van der Waals surface area contributed by atoms with Crippen molar-refractivity contribution in [3.63, 3.8) is 0 Å². The molecule has 0 saturated carbocycles. The fourth-order valence-electron chi connectivity index (χ4n) is 1.55. The number of nitrogens with two attached hydrogens (primary N) is 1. The van der Waals surface area contributed by atoms with Gasteiger partial charge in [0.25, 0.3) is 0 Å². The standard InChI is InChI=1S/C8H17N3O2.C2HF3O2/c1-13-8(12)7-6-10-3-5-11(7)4-2-9;3-2(4,5)1(6)7/h7,10H,2-6,9H2,1H3;(H,6,7). The van der Waals surface area contributed by atoms with Gasteiger partial charge in [-0.3, -0.25) is 9.69 Å². The Morgan fingerprint density at radius 3 is 2.45 bits per heavy atom. The number of esters is 1. The fourth-order valence-corrected chi connectivity index (χ4v) is 1.55. The van der Waals surface area contributed by atoms with Crippen molar-refractivity contribution in [2.24, 2.45) is 5.73 Å². The highest BCUT2D eigenvalue weighted by Gasteiger charge is 2.38. The molecular weight excluding hydrogens is 283 g/mol. The third kappa shape index (κ3) is 6.68. The van der Waals surface area contributed by atoms with Crippen molar-refractivity contribution in [3.05, 3.63) is 0 Å². The highest BCUT2D eigenvalue weighted by molar-refractivity contribution is 5.76. The van der Waals surface area contributed by atoms with Gasteiger partial charge in [-0.2, -0.15) is 13.2 Å². The van der Waals surface area contributed by atoms with Gasteiger partial charge in [0, 0.05) is 32.7 Å². The molecule has 1 unspecified atom stereocenters. The molecule has 1 aliphatic rings. The van der Waals surface area contributed by atoms with Crippen LogP contribution in [-0.2, 0) is 14.3 Å². The first kappa shape index (κ1) is 18.6. The molecule has 1 saturated heterocycles. The van der Waals surface area contributed by atoms with E-state index in [9.17, 15) is 18.0 Å². The molecule has 20 heavy (non-hydrogen) atoms. The minimum atomic E-state index is -5.08. The average molecular weight is 301 g/mol. The van der Waals surface area contributed by atoms with Crippen molar-refractivity contribution < 1.29 is 32.6 Å². The van der Waals surface area contributed by atoms with Crippen molar-refractivity contribution in [1.82, 2.24) is 10.2 Å². The van der Waals surface area contributed by atoms with Crippen LogP contribution in [0.4, 0.5) is 13.2 Å². The summed E-state index contributed by atoms with van der Waals surface area (Å²) in [5, 5.41) is 10.3. The average Bonchev–Trinajstić information content (AvgIpc) is 2.38. The van der Waals surface area contributed by atoms with Crippen molar-refractivity contribution in [1.29, 1.82) is 0 Å². The van der Waals surface area contributed by atoms with Gasteiger partial charge in [0.15, 0.2) is 0 Å². The van der Waals surface area contributed by atoms with Gasteiger partial charge in [-0.05, 0) is 0 Å². The molecule has 0 amide bonds. The molecule has 1 atom stereocenters. The Morgan fingerprint density at radius 1 is 1.50 bits per heavy atom. The Bertz CT molecular complexity index is 323. The topological polar surface area (TPSA) is 105 Å². The van der Waals surface area contributed by atoms with Crippen molar-refractivity contribution >= 4 is 11.9 Å². The number of nitrogens with zero attached hydrogens (tertiary/aromatic N) is 1. The number of methoxy groups -OCH3 is 1. The van der Waals surface area contributed by atoms with Crippen molar-refractivity contribution in [2.45, 2.75) is 12.2 Å². The quantitative estimate of drug-likeness (QED) is 0.576. The number of ether oxygens (including phenoxy) is 1. The van der Waals surface area contributed by atoms with E-state index in [1.165, 1.54) is 7.11 Å². The Balaban J connectivity index is 0.000000441.